The van der Waals surface area contributed by atoms with Crippen LogP contribution < -0.4 is 4.52 Å². The summed E-state index contributed by atoms with van der Waals surface area (Å²) in [5.41, 5.74) is 0. The van der Waals surface area contributed by atoms with Crippen molar-refractivity contribution >= 4 is 18.6 Å². The summed E-state index contributed by atoms with van der Waals surface area (Å²) in [6.07, 6.45) is 0. The zero-order valence-corrected chi connectivity index (χ0v) is 9.96. The molecule has 0 spiro atoms. The molecular weight excluding hydrogens is 243 g/mol. The third kappa shape index (κ3) is 2.65. The lowest BCUT2D eigenvalue weighted by atomic mass is 10.1. The highest BCUT2D eigenvalue weighted by atomic mass is 31.2. The zero-order chi connectivity index (χ0) is 12.3. The number of phosphoric acid groups is 1. The number of fused-ring (bicyclic) bond motifs is 1. The fourth-order valence-corrected chi connectivity index (χ4v) is 1.99. The highest BCUT2D eigenvalue weighted by Crippen LogP contribution is 2.47. The molecule has 1 N–H and O–H groups in total. The molecule has 17 heavy (non-hydrogen) atoms. The Morgan fingerprint density at radius 1 is 1.12 bits per heavy atom. The molecule has 5 nitrogen and oxygen atoms in total. The van der Waals surface area contributed by atoms with E-state index in [1.807, 2.05) is 30.3 Å². The maximum Gasteiger partial charge on any atom is 0.557 e. The van der Waals surface area contributed by atoms with Crippen molar-refractivity contribution in [2.75, 3.05) is 7.11 Å². The van der Waals surface area contributed by atoms with Crippen LogP contribution in [0.3, 0.4) is 0 Å². The molecule has 90 valence electrons. The molecule has 6 heteroatoms. The summed E-state index contributed by atoms with van der Waals surface area (Å²) in [6.45, 7) is 0. The minimum Gasteiger partial charge on any atom is -0.403 e. The van der Waals surface area contributed by atoms with Crippen molar-refractivity contribution < 1.29 is 23.5 Å². The van der Waals surface area contributed by atoms with Crippen molar-refractivity contribution in [2.45, 2.75) is 0 Å². The van der Waals surface area contributed by atoms with Gasteiger partial charge in [-0.05, 0) is 22.9 Å². The molecule has 0 bridgehead atoms. The van der Waals surface area contributed by atoms with Gasteiger partial charge in [-0.25, -0.2) is 9.82 Å². The average molecular weight is 254 g/mol. The number of phosphoric ester groups is 1. The van der Waals surface area contributed by atoms with Gasteiger partial charge in [-0.15, -0.1) is 4.67 Å². The average Bonchev–Trinajstić information content (AvgIpc) is 2.38. The molecule has 0 aliphatic carbocycles. The Hall–Kier alpha value is -1.39. The van der Waals surface area contributed by atoms with E-state index in [4.69, 9.17) is 9.78 Å². The number of hydrogen-bond donors (Lipinski definition) is 1. The zero-order valence-electron chi connectivity index (χ0n) is 9.07. The van der Waals surface area contributed by atoms with Crippen LogP contribution in [0.15, 0.2) is 42.5 Å². The van der Waals surface area contributed by atoms with Gasteiger partial charge in [0.1, 0.15) is 5.75 Å². The monoisotopic (exact) mass is 254 g/mol. The van der Waals surface area contributed by atoms with Crippen molar-refractivity contribution in [3.05, 3.63) is 42.5 Å². The van der Waals surface area contributed by atoms with E-state index in [-0.39, 0.29) is 0 Å². The summed E-state index contributed by atoms with van der Waals surface area (Å²) >= 11 is 0. The molecule has 1 unspecified atom stereocenters. The van der Waals surface area contributed by atoms with Crippen LogP contribution in [-0.4, -0.2) is 12.4 Å². The van der Waals surface area contributed by atoms with Gasteiger partial charge >= 0.3 is 7.82 Å². The van der Waals surface area contributed by atoms with E-state index in [1.54, 1.807) is 12.1 Å². The van der Waals surface area contributed by atoms with Gasteiger partial charge in [0.15, 0.2) is 0 Å². The van der Waals surface area contributed by atoms with Gasteiger partial charge in [0.25, 0.3) is 0 Å². The van der Waals surface area contributed by atoms with Crippen LogP contribution in [0.1, 0.15) is 0 Å². The van der Waals surface area contributed by atoms with Gasteiger partial charge in [0.05, 0.1) is 0 Å². The normalized spacial score (nSPS) is 14.5. The van der Waals surface area contributed by atoms with Crippen molar-refractivity contribution in [3.63, 3.8) is 0 Å². The summed E-state index contributed by atoms with van der Waals surface area (Å²) < 4.78 is 24.7. The fraction of sp³-hybridized carbons (Fsp3) is 0.0909. The number of rotatable bonds is 4. The molecule has 2 rings (SSSR count). The maximum absolute atomic E-state index is 11.5. The van der Waals surface area contributed by atoms with Gasteiger partial charge in [-0.2, -0.15) is 0 Å². The van der Waals surface area contributed by atoms with Crippen LogP contribution in [0.25, 0.3) is 10.8 Å². The Morgan fingerprint density at radius 3 is 2.47 bits per heavy atom. The molecular formula is C11H11O5P. The molecule has 0 heterocycles. The lowest BCUT2D eigenvalue weighted by molar-refractivity contribution is -0.158. The van der Waals surface area contributed by atoms with E-state index in [1.165, 1.54) is 0 Å². The van der Waals surface area contributed by atoms with Gasteiger partial charge in [0.2, 0.25) is 0 Å². The Kier molecular flexibility index (Phi) is 3.45. The van der Waals surface area contributed by atoms with Crippen molar-refractivity contribution in [3.8, 4) is 5.75 Å². The van der Waals surface area contributed by atoms with Gasteiger partial charge < -0.3 is 4.52 Å². The second-order valence-corrected chi connectivity index (χ2v) is 4.92. The second-order valence-electron chi connectivity index (χ2n) is 3.31. The minimum atomic E-state index is -3.93. The first kappa shape index (κ1) is 12.1. The van der Waals surface area contributed by atoms with Crippen LogP contribution >= 0.6 is 7.82 Å². The molecule has 0 aliphatic rings. The lowest BCUT2D eigenvalue weighted by Gasteiger charge is -2.12. The molecule has 0 aromatic heterocycles. The fourth-order valence-electron chi connectivity index (χ4n) is 1.44. The first-order valence-corrected chi connectivity index (χ1v) is 6.30. The molecule has 2 aromatic carbocycles. The predicted molar refractivity (Wildman–Crippen MR) is 62.9 cm³/mol. The summed E-state index contributed by atoms with van der Waals surface area (Å²) in [6, 6.07) is 12.7. The molecule has 0 saturated heterocycles. The van der Waals surface area contributed by atoms with E-state index in [0.29, 0.717) is 5.75 Å². The maximum atomic E-state index is 11.5. The third-order valence-corrected chi connectivity index (χ3v) is 3.34. The Balaban J connectivity index is 2.34. The Morgan fingerprint density at radius 2 is 1.82 bits per heavy atom. The molecule has 0 fully saturated rings. The van der Waals surface area contributed by atoms with Crippen LogP contribution in [0.4, 0.5) is 0 Å². The molecule has 1 atom stereocenters. The Labute approximate surface area is 98.1 Å². The highest BCUT2D eigenvalue weighted by molar-refractivity contribution is 7.48. The lowest BCUT2D eigenvalue weighted by Crippen LogP contribution is -1.97. The van der Waals surface area contributed by atoms with Crippen LogP contribution in [0, 0.1) is 0 Å². The van der Waals surface area contributed by atoms with E-state index >= 15 is 0 Å². The number of hydrogen-bond acceptors (Lipinski definition) is 5. The largest absolute Gasteiger partial charge is 0.557 e. The summed E-state index contributed by atoms with van der Waals surface area (Å²) in [5.74, 6) is 0.294. The van der Waals surface area contributed by atoms with Crippen molar-refractivity contribution in [2.24, 2.45) is 0 Å². The predicted octanol–water partition coefficient (Wildman–Crippen LogP) is 3.46. The second kappa shape index (κ2) is 4.85. The molecule has 0 amide bonds. The van der Waals surface area contributed by atoms with Crippen LogP contribution in [0.5, 0.6) is 5.75 Å². The van der Waals surface area contributed by atoms with Gasteiger partial charge in [-0.3, -0.25) is 4.52 Å². The van der Waals surface area contributed by atoms with Gasteiger partial charge in [-0.1, -0.05) is 30.3 Å². The first-order valence-electron chi connectivity index (χ1n) is 4.84. The molecule has 0 saturated carbocycles. The standard InChI is InChI=1S/C11H11O5P/c1-14-17(13,16-12)15-11-7-6-9-4-2-3-5-10(9)8-11/h2-8,12H,1H3. The summed E-state index contributed by atoms with van der Waals surface area (Å²) in [4.78, 5) is 0. The molecule has 0 radical (unpaired) electrons. The quantitative estimate of drug-likeness (QED) is 0.514. The molecule has 0 aliphatic heterocycles. The number of benzene rings is 2. The first-order chi connectivity index (χ1) is 8.17. The highest BCUT2D eigenvalue weighted by Gasteiger charge is 2.26. The Bertz CT molecular complexity index is 561. The van der Waals surface area contributed by atoms with E-state index < -0.39 is 7.82 Å². The minimum absolute atomic E-state index is 0.294. The third-order valence-electron chi connectivity index (χ3n) is 2.26. The molecule has 2 aromatic rings. The topological polar surface area (TPSA) is 65.0 Å². The van der Waals surface area contributed by atoms with Crippen LogP contribution in [-0.2, 0) is 13.8 Å². The summed E-state index contributed by atoms with van der Waals surface area (Å²) in [5, 5.41) is 10.4. The van der Waals surface area contributed by atoms with Crippen molar-refractivity contribution in [1.82, 2.24) is 0 Å². The van der Waals surface area contributed by atoms with E-state index in [0.717, 1.165) is 17.9 Å². The SMILES string of the molecule is COP(=O)(OO)Oc1ccc2ccccc2c1. The van der Waals surface area contributed by atoms with Gasteiger partial charge in [0, 0.05) is 7.11 Å². The van der Waals surface area contributed by atoms with Crippen molar-refractivity contribution in [1.29, 1.82) is 0 Å². The van der Waals surface area contributed by atoms with Crippen LogP contribution in [0.2, 0.25) is 0 Å². The summed E-state index contributed by atoms with van der Waals surface area (Å²) in [7, 11) is -2.80. The van der Waals surface area contributed by atoms with E-state index in [2.05, 4.69) is 9.20 Å². The smallest absolute Gasteiger partial charge is 0.403 e. The van der Waals surface area contributed by atoms with E-state index in [9.17, 15) is 4.57 Å².